The highest BCUT2D eigenvalue weighted by atomic mass is 19.1. The van der Waals surface area contributed by atoms with E-state index in [4.69, 9.17) is 0 Å². The summed E-state index contributed by atoms with van der Waals surface area (Å²) in [5.74, 6) is -0.170. The molecule has 0 aliphatic heterocycles. The van der Waals surface area contributed by atoms with Gasteiger partial charge in [0.1, 0.15) is 5.82 Å². The molecule has 2 aromatic rings. The van der Waals surface area contributed by atoms with E-state index in [0.29, 0.717) is 12.1 Å². The number of aryl methyl sites for hydroxylation is 2. The lowest BCUT2D eigenvalue weighted by Gasteiger charge is -2.07. The highest BCUT2D eigenvalue weighted by Gasteiger charge is 2.14. The Bertz CT molecular complexity index is 587. The van der Waals surface area contributed by atoms with Crippen LogP contribution in [0.2, 0.25) is 0 Å². The van der Waals surface area contributed by atoms with Gasteiger partial charge in [0, 0.05) is 29.9 Å². The van der Waals surface area contributed by atoms with E-state index in [2.05, 4.69) is 24.3 Å². The minimum absolute atomic E-state index is 0.170. The van der Waals surface area contributed by atoms with E-state index >= 15 is 0 Å². The van der Waals surface area contributed by atoms with Crippen LogP contribution in [0.15, 0.2) is 18.2 Å². The van der Waals surface area contributed by atoms with Crippen molar-refractivity contribution in [3.05, 3.63) is 41.0 Å². The van der Waals surface area contributed by atoms with Crippen molar-refractivity contribution in [1.29, 1.82) is 0 Å². The zero-order valence-electron chi connectivity index (χ0n) is 11.9. The summed E-state index contributed by atoms with van der Waals surface area (Å²) in [6, 6.07) is 5.26. The molecule has 1 heterocycles. The van der Waals surface area contributed by atoms with Crippen LogP contribution in [-0.2, 0) is 13.1 Å². The van der Waals surface area contributed by atoms with Crippen molar-refractivity contribution in [2.45, 2.75) is 33.9 Å². The van der Waals surface area contributed by atoms with Crippen molar-refractivity contribution >= 4 is 0 Å². The van der Waals surface area contributed by atoms with Crippen LogP contribution in [0.5, 0.6) is 0 Å². The maximum atomic E-state index is 13.7. The van der Waals surface area contributed by atoms with E-state index in [9.17, 15) is 4.39 Å². The first-order valence-electron chi connectivity index (χ1n) is 6.55. The summed E-state index contributed by atoms with van der Waals surface area (Å²) in [5.41, 5.74) is 4.94. The van der Waals surface area contributed by atoms with Crippen LogP contribution < -0.4 is 5.32 Å². The lowest BCUT2D eigenvalue weighted by molar-refractivity contribution is 0.601. The van der Waals surface area contributed by atoms with Crippen LogP contribution in [-0.4, -0.2) is 16.8 Å². The zero-order chi connectivity index (χ0) is 14.0. The summed E-state index contributed by atoms with van der Waals surface area (Å²) in [7, 11) is 1.82. The number of aromatic nitrogens is 2. The fraction of sp³-hybridized carbons (Fsp3) is 0.400. The Morgan fingerprint density at radius 2 is 2.05 bits per heavy atom. The first-order valence-corrected chi connectivity index (χ1v) is 6.55. The van der Waals surface area contributed by atoms with Crippen molar-refractivity contribution in [2.75, 3.05) is 7.05 Å². The standard InChI is InChI=1S/C15H20FN3/c1-5-19-11(3)15(10(2)18-19)12-6-7-14(16)13(8-12)9-17-4/h6-8,17H,5,9H2,1-4H3. The van der Waals surface area contributed by atoms with Crippen LogP contribution in [0.25, 0.3) is 11.1 Å². The first-order chi connectivity index (χ1) is 9.08. The van der Waals surface area contributed by atoms with Gasteiger partial charge in [0.2, 0.25) is 0 Å². The normalized spacial score (nSPS) is 11.0. The third-order valence-electron chi connectivity index (χ3n) is 3.38. The third kappa shape index (κ3) is 2.54. The molecule has 1 aromatic carbocycles. The quantitative estimate of drug-likeness (QED) is 0.916. The van der Waals surface area contributed by atoms with Gasteiger partial charge in [0.05, 0.1) is 5.69 Å². The average molecular weight is 261 g/mol. The number of halogens is 1. The van der Waals surface area contributed by atoms with Gasteiger partial charge in [-0.2, -0.15) is 5.10 Å². The number of nitrogens with zero attached hydrogens (tertiary/aromatic N) is 2. The average Bonchev–Trinajstić information content (AvgIpc) is 2.67. The zero-order valence-corrected chi connectivity index (χ0v) is 11.9. The van der Waals surface area contributed by atoms with Crippen LogP contribution in [0.3, 0.4) is 0 Å². The van der Waals surface area contributed by atoms with Crippen molar-refractivity contribution in [1.82, 2.24) is 15.1 Å². The minimum Gasteiger partial charge on any atom is -0.316 e. The third-order valence-corrected chi connectivity index (χ3v) is 3.38. The maximum Gasteiger partial charge on any atom is 0.127 e. The molecule has 2 rings (SSSR count). The van der Waals surface area contributed by atoms with Gasteiger partial charge in [-0.05, 0) is 45.5 Å². The van der Waals surface area contributed by atoms with Gasteiger partial charge in [-0.15, -0.1) is 0 Å². The topological polar surface area (TPSA) is 29.9 Å². The van der Waals surface area contributed by atoms with Crippen LogP contribution in [0.4, 0.5) is 4.39 Å². The van der Waals surface area contributed by atoms with Crippen molar-refractivity contribution in [3.63, 3.8) is 0 Å². The van der Waals surface area contributed by atoms with Gasteiger partial charge in [-0.25, -0.2) is 4.39 Å². The number of benzene rings is 1. The maximum absolute atomic E-state index is 13.7. The van der Waals surface area contributed by atoms with E-state index in [1.807, 2.05) is 30.8 Å². The van der Waals surface area contributed by atoms with Crippen LogP contribution in [0, 0.1) is 19.7 Å². The molecule has 3 nitrogen and oxygen atoms in total. The monoisotopic (exact) mass is 261 g/mol. The smallest absolute Gasteiger partial charge is 0.127 e. The largest absolute Gasteiger partial charge is 0.316 e. The molecule has 102 valence electrons. The van der Waals surface area contributed by atoms with Crippen LogP contribution in [0.1, 0.15) is 23.9 Å². The van der Waals surface area contributed by atoms with E-state index < -0.39 is 0 Å². The Morgan fingerprint density at radius 3 is 2.63 bits per heavy atom. The van der Waals surface area contributed by atoms with Gasteiger partial charge < -0.3 is 5.32 Å². The Hall–Kier alpha value is -1.68. The molecule has 0 aliphatic rings. The Morgan fingerprint density at radius 1 is 1.32 bits per heavy atom. The second-order valence-corrected chi connectivity index (χ2v) is 4.70. The summed E-state index contributed by atoms with van der Waals surface area (Å²) >= 11 is 0. The van der Waals surface area contributed by atoms with E-state index in [0.717, 1.165) is 29.1 Å². The lowest BCUT2D eigenvalue weighted by Crippen LogP contribution is -2.07. The summed E-state index contributed by atoms with van der Waals surface area (Å²) in [6.07, 6.45) is 0. The summed E-state index contributed by atoms with van der Waals surface area (Å²) in [6.45, 7) is 7.49. The van der Waals surface area contributed by atoms with E-state index in [1.54, 1.807) is 0 Å². The molecular weight excluding hydrogens is 241 g/mol. The number of nitrogens with one attached hydrogen (secondary N) is 1. The van der Waals surface area contributed by atoms with E-state index in [-0.39, 0.29) is 5.82 Å². The summed E-state index contributed by atoms with van der Waals surface area (Å²) in [4.78, 5) is 0. The SMILES string of the molecule is CCn1nc(C)c(-c2ccc(F)c(CNC)c2)c1C. The molecule has 0 radical (unpaired) electrons. The molecule has 19 heavy (non-hydrogen) atoms. The fourth-order valence-corrected chi connectivity index (χ4v) is 2.48. The Balaban J connectivity index is 2.53. The molecule has 0 unspecified atom stereocenters. The lowest BCUT2D eigenvalue weighted by atomic mass is 10.0. The molecule has 0 fully saturated rings. The van der Waals surface area contributed by atoms with Crippen molar-refractivity contribution in [3.8, 4) is 11.1 Å². The number of hydrogen-bond acceptors (Lipinski definition) is 2. The molecule has 0 atom stereocenters. The molecule has 0 bridgehead atoms. The molecule has 0 saturated carbocycles. The summed E-state index contributed by atoms with van der Waals surface area (Å²) in [5, 5.41) is 7.50. The van der Waals surface area contributed by atoms with Gasteiger partial charge in [0.25, 0.3) is 0 Å². The first kappa shape index (κ1) is 13.7. The fourth-order valence-electron chi connectivity index (χ4n) is 2.48. The highest BCUT2D eigenvalue weighted by molar-refractivity contribution is 5.69. The second-order valence-electron chi connectivity index (χ2n) is 4.70. The molecule has 0 spiro atoms. The van der Waals surface area contributed by atoms with Crippen LogP contribution >= 0.6 is 0 Å². The van der Waals surface area contributed by atoms with Crippen molar-refractivity contribution < 1.29 is 4.39 Å². The molecule has 0 aliphatic carbocycles. The molecule has 1 N–H and O–H groups in total. The highest BCUT2D eigenvalue weighted by Crippen LogP contribution is 2.28. The van der Waals surface area contributed by atoms with E-state index in [1.165, 1.54) is 6.07 Å². The molecule has 1 aromatic heterocycles. The molecule has 4 heteroatoms. The van der Waals surface area contributed by atoms with Gasteiger partial charge in [0.15, 0.2) is 0 Å². The minimum atomic E-state index is -0.170. The molecule has 0 saturated heterocycles. The molecule has 0 amide bonds. The predicted octanol–water partition coefficient (Wildman–Crippen LogP) is 3.05. The second kappa shape index (κ2) is 5.53. The Kier molecular flexibility index (Phi) is 4.00. The van der Waals surface area contributed by atoms with Gasteiger partial charge in [-0.1, -0.05) is 6.07 Å². The molecular formula is C15H20FN3. The Labute approximate surface area is 113 Å². The van der Waals surface area contributed by atoms with Gasteiger partial charge >= 0.3 is 0 Å². The number of rotatable bonds is 4. The predicted molar refractivity (Wildman–Crippen MR) is 75.5 cm³/mol. The number of hydrogen-bond donors (Lipinski definition) is 1. The van der Waals surface area contributed by atoms with Crippen molar-refractivity contribution in [2.24, 2.45) is 0 Å². The van der Waals surface area contributed by atoms with Gasteiger partial charge in [-0.3, -0.25) is 4.68 Å². The summed E-state index contributed by atoms with van der Waals surface area (Å²) < 4.78 is 15.7.